The molecular formula is C9H17NO3. The zero-order valence-electron chi connectivity index (χ0n) is 8.37. The number of amides is 1. The number of allylic oxidation sites excluding steroid dienone is 1. The Balaban J connectivity index is 3.76. The molecule has 13 heavy (non-hydrogen) atoms. The molecule has 0 aliphatic carbocycles. The molecule has 0 fully saturated rings. The summed E-state index contributed by atoms with van der Waals surface area (Å²) in [6, 6.07) is 0. The van der Waals surface area contributed by atoms with E-state index in [0.29, 0.717) is 5.57 Å². The smallest absolute Gasteiger partial charge is 0.244 e. The van der Waals surface area contributed by atoms with E-state index in [2.05, 4.69) is 0 Å². The average molecular weight is 187 g/mol. The highest BCUT2D eigenvalue weighted by Gasteiger charge is 2.03. The van der Waals surface area contributed by atoms with Gasteiger partial charge in [-0.2, -0.15) is 0 Å². The van der Waals surface area contributed by atoms with Crippen LogP contribution in [0, 0.1) is 0 Å². The number of primary amides is 1. The van der Waals surface area contributed by atoms with Crippen molar-refractivity contribution in [2.45, 2.75) is 26.1 Å². The monoisotopic (exact) mass is 187 g/mol. The maximum absolute atomic E-state index is 10.6. The minimum atomic E-state index is -0.383. The zero-order chi connectivity index (χ0) is 10.3. The fourth-order valence-electron chi connectivity index (χ4n) is 0.868. The van der Waals surface area contributed by atoms with Gasteiger partial charge >= 0.3 is 0 Å². The molecule has 0 radical (unpaired) electrons. The Morgan fingerprint density at radius 1 is 1.46 bits per heavy atom. The van der Waals surface area contributed by atoms with Gasteiger partial charge in [0.2, 0.25) is 5.91 Å². The van der Waals surface area contributed by atoms with Crippen LogP contribution in [0.5, 0.6) is 0 Å². The minimum absolute atomic E-state index is 0.211. The van der Waals surface area contributed by atoms with Crippen LogP contribution >= 0.6 is 0 Å². The van der Waals surface area contributed by atoms with Gasteiger partial charge in [-0.05, 0) is 13.3 Å². The molecule has 4 heteroatoms. The fraction of sp³-hybridized carbons (Fsp3) is 0.667. The first-order chi connectivity index (χ1) is 6.11. The molecule has 0 aromatic carbocycles. The Morgan fingerprint density at radius 3 is 2.38 bits per heavy atom. The second kappa shape index (κ2) is 6.62. The van der Waals surface area contributed by atoms with Crippen LogP contribution in [0.25, 0.3) is 0 Å². The van der Waals surface area contributed by atoms with Gasteiger partial charge in [0, 0.05) is 26.2 Å². The van der Waals surface area contributed by atoms with Gasteiger partial charge in [0.25, 0.3) is 0 Å². The number of hydrogen-bond acceptors (Lipinski definition) is 3. The minimum Gasteiger partial charge on any atom is -0.366 e. The number of rotatable bonds is 6. The summed E-state index contributed by atoms with van der Waals surface area (Å²) in [6.07, 6.45) is 3.02. The molecule has 1 amide bonds. The summed E-state index contributed by atoms with van der Waals surface area (Å²) in [5.74, 6) is -0.383. The van der Waals surface area contributed by atoms with Gasteiger partial charge in [-0.25, -0.2) is 0 Å². The van der Waals surface area contributed by atoms with Gasteiger partial charge in [0.15, 0.2) is 6.29 Å². The summed E-state index contributed by atoms with van der Waals surface area (Å²) in [7, 11) is 3.16. The standard InChI is InChI=1S/C9H17NO3/c1-7(9(10)11)5-4-6-8(12-2)13-3/h5,8H,4,6H2,1-3H3,(H2,10,11). The third kappa shape index (κ3) is 5.38. The van der Waals surface area contributed by atoms with Crippen LogP contribution in [0.4, 0.5) is 0 Å². The van der Waals surface area contributed by atoms with Crippen LogP contribution in [0.15, 0.2) is 11.6 Å². The highest BCUT2D eigenvalue weighted by molar-refractivity contribution is 5.91. The predicted octanol–water partition coefficient (Wildman–Crippen LogP) is 0.817. The molecule has 0 aliphatic rings. The lowest BCUT2D eigenvalue weighted by Crippen LogP contribution is -2.13. The highest BCUT2D eigenvalue weighted by Crippen LogP contribution is 2.04. The van der Waals surface area contributed by atoms with Crippen LogP contribution in [-0.4, -0.2) is 26.4 Å². The number of carbonyl (C=O) groups is 1. The van der Waals surface area contributed by atoms with Crippen LogP contribution in [0.1, 0.15) is 19.8 Å². The third-order valence-corrected chi connectivity index (χ3v) is 1.77. The molecule has 2 N–H and O–H groups in total. The Labute approximate surface area is 78.7 Å². The molecule has 0 saturated heterocycles. The molecule has 0 rings (SSSR count). The average Bonchev–Trinajstić information content (AvgIpc) is 2.12. The topological polar surface area (TPSA) is 61.5 Å². The van der Waals surface area contributed by atoms with E-state index < -0.39 is 0 Å². The van der Waals surface area contributed by atoms with Crippen molar-refractivity contribution in [3.8, 4) is 0 Å². The molecule has 0 aliphatic heterocycles. The van der Waals surface area contributed by atoms with Gasteiger partial charge in [-0.3, -0.25) is 4.79 Å². The van der Waals surface area contributed by atoms with E-state index in [9.17, 15) is 4.79 Å². The quantitative estimate of drug-likeness (QED) is 0.494. The Kier molecular flexibility index (Phi) is 6.18. The maximum Gasteiger partial charge on any atom is 0.244 e. The molecular weight excluding hydrogens is 170 g/mol. The Bertz CT molecular complexity index is 185. The van der Waals surface area contributed by atoms with E-state index in [1.54, 1.807) is 27.2 Å². The van der Waals surface area contributed by atoms with Gasteiger partial charge in [-0.15, -0.1) is 0 Å². The summed E-state index contributed by atoms with van der Waals surface area (Å²) < 4.78 is 9.95. The van der Waals surface area contributed by atoms with E-state index in [0.717, 1.165) is 12.8 Å². The number of ether oxygens (including phenoxy) is 2. The first kappa shape index (κ1) is 12.1. The van der Waals surface area contributed by atoms with Crippen molar-refractivity contribution in [1.29, 1.82) is 0 Å². The Hall–Kier alpha value is -0.870. The van der Waals surface area contributed by atoms with Gasteiger partial charge in [0.1, 0.15) is 0 Å². The summed E-state index contributed by atoms with van der Waals surface area (Å²) in [5, 5.41) is 0. The largest absolute Gasteiger partial charge is 0.366 e. The molecule has 0 bridgehead atoms. The first-order valence-corrected chi connectivity index (χ1v) is 4.14. The van der Waals surface area contributed by atoms with Crippen LogP contribution < -0.4 is 5.73 Å². The summed E-state index contributed by atoms with van der Waals surface area (Å²) in [4.78, 5) is 10.6. The summed E-state index contributed by atoms with van der Waals surface area (Å²) in [5.41, 5.74) is 5.62. The van der Waals surface area contributed by atoms with Crippen molar-refractivity contribution in [2.24, 2.45) is 5.73 Å². The molecule has 0 heterocycles. The normalized spacial score (nSPS) is 12.2. The van der Waals surface area contributed by atoms with Gasteiger partial charge in [-0.1, -0.05) is 6.08 Å². The molecule has 76 valence electrons. The highest BCUT2D eigenvalue weighted by atomic mass is 16.7. The second-order valence-corrected chi connectivity index (χ2v) is 2.73. The second-order valence-electron chi connectivity index (χ2n) is 2.73. The van der Waals surface area contributed by atoms with E-state index in [1.807, 2.05) is 0 Å². The Morgan fingerprint density at radius 2 is 2.00 bits per heavy atom. The van der Waals surface area contributed by atoms with E-state index in [1.165, 1.54) is 0 Å². The lowest BCUT2D eigenvalue weighted by atomic mass is 10.2. The maximum atomic E-state index is 10.6. The SMILES string of the molecule is COC(CCC=C(C)C(N)=O)OC. The van der Waals surface area contributed by atoms with E-state index in [4.69, 9.17) is 15.2 Å². The van der Waals surface area contributed by atoms with Crippen LogP contribution in [0.2, 0.25) is 0 Å². The third-order valence-electron chi connectivity index (χ3n) is 1.77. The van der Waals surface area contributed by atoms with Crippen LogP contribution in [0.3, 0.4) is 0 Å². The van der Waals surface area contributed by atoms with Gasteiger partial charge in [0.05, 0.1) is 0 Å². The molecule has 0 unspecified atom stereocenters. The van der Waals surface area contributed by atoms with Crippen LogP contribution in [-0.2, 0) is 14.3 Å². The molecule has 0 aromatic heterocycles. The summed E-state index contributed by atoms with van der Waals surface area (Å²) >= 11 is 0. The van der Waals surface area contributed by atoms with Crippen molar-refractivity contribution in [1.82, 2.24) is 0 Å². The molecule has 0 atom stereocenters. The number of nitrogens with two attached hydrogens (primary N) is 1. The predicted molar refractivity (Wildman–Crippen MR) is 50.0 cm³/mol. The lowest BCUT2D eigenvalue weighted by molar-refractivity contribution is -0.114. The van der Waals surface area contributed by atoms with Gasteiger partial charge < -0.3 is 15.2 Å². The first-order valence-electron chi connectivity index (χ1n) is 4.14. The van der Waals surface area contributed by atoms with E-state index in [-0.39, 0.29) is 12.2 Å². The van der Waals surface area contributed by atoms with Crippen molar-refractivity contribution in [3.05, 3.63) is 11.6 Å². The van der Waals surface area contributed by atoms with E-state index >= 15 is 0 Å². The zero-order valence-corrected chi connectivity index (χ0v) is 8.37. The van der Waals surface area contributed by atoms with Crippen molar-refractivity contribution < 1.29 is 14.3 Å². The molecule has 0 spiro atoms. The number of hydrogen-bond donors (Lipinski definition) is 1. The van der Waals surface area contributed by atoms with Crippen molar-refractivity contribution >= 4 is 5.91 Å². The molecule has 0 saturated carbocycles. The van der Waals surface area contributed by atoms with Crippen molar-refractivity contribution in [3.63, 3.8) is 0 Å². The van der Waals surface area contributed by atoms with Crippen molar-refractivity contribution in [2.75, 3.05) is 14.2 Å². The number of carbonyl (C=O) groups excluding carboxylic acids is 1. The molecule has 0 aromatic rings. The molecule has 4 nitrogen and oxygen atoms in total. The fourth-order valence-corrected chi connectivity index (χ4v) is 0.868. The number of methoxy groups -OCH3 is 2. The lowest BCUT2D eigenvalue weighted by Gasteiger charge is -2.11. The summed E-state index contributed by atoms with van der Waals surface area (Å²) in [6.45, 7) is 1.69.